The van der Waals surface area contributed by atoms with Crippen LogP contribution in [0.15, 0.2) is 27.6 Å². The molecule has 0 aliphatic heterocycles. The van der Waals surface area contributed by atoms with Crippen LogP contribution in [-0.2, 0) is 10.0 Å². The Kier molecular flexibility index (Phi) is 5.34. The van der Waals surface area contributed by atoms with Gasteiger partial charge in [-0.15, -0.1) is 0 Å². The van der Waals surface area contributed by atoms with Crippen LogP contribution in [0.4, 0.5) is 0 Å². The van der Waals surface area contributed by atoms with Gasteiger partial charge in [0.1, 0.15) is 0 Å². The Labute approximate surface area is 127 Å². The number of sulfonamides is 1. The van der Waals surface area contributed by atoms with Crippen LogP contribution in [0.5, 0.6) is 0 Å². The summed E-state index contributed by atoms with van der Waals surface area (Å²) in [5.74, 6) is -1.17. The molecule has 0 saturated heterocycles. The largest absolute Gasteiger partial charge is 0.478 e. The third-order valence-electron chi connectivity index (χ3n) is 2.75. The fourth-order valence-corrected chi connectivity index (χ4v) is 4.37. The first-order chi connectivity index (χ1) is 9.09. The van der Waals surface area contributed by atoms with E-state index in [2.05, 4.69) is 20.7 Å². The monoisotopic (exact) mass is 363 g/mol. The number of carbonyl (C=O) groups is 1. The number of hydrogen-bond acceptors (Lipinski definition) is 3. The molecule has 0 aliphatic rings. The second-order valence-corrected chi connectivity index (χ2v) is 7.69. The van der Waals surface area contributed by atoms with Crippen LogP contribution in [-0.4, -0.2) is 25.0 Å². The molecule has 0 aliphatic carbocycles. The summed E-state index contributed by atoms with van der Waals surface area (Å²) in [6, 6.07) is 3.92. The summed E-state index contributed by atoms with van der Waals surface area (Å²) >= 11 is 3.15. The smallest absolute Gasteiger partial charge is 0.335 e. The molecule has 20 heavy (non-hydrogen) atoms. The van der Waals surface area contributed by atoms with Crippen molar-refractivity contribution < 1.29 is 18.3 Å². The van der Waals surface area contributed by atoms with Crippen LogP contribution in [0.1, 0.15) is 44.0 Å². The number of carboxylic acid groups (broad SMARTS) is 1. The molecule has 0 saturated carbocycles. The quantitative estimate of drug-likeness (QED) is 0.813. The highest BCUT2D eigenvalue weighted by atomic mass is 79.9. The lowest BCUT2D eigenvalue weighted by atomic mass is 10.0. The van der Waals surface area contributed by atoms with Crippen LogP contribution >= 0.6 is 15.9 Å². The van der Waals surface area contributed by atoms with Gasteiger partial charge < -0.3 is 5.11 Å². The first-order valence-electron chi connectivity index (χ1n) is 6.16. The van der Waals surface area contributed by atoms with Gasteiger partial charge in [-0.3, -0.25) is 0 Å². The predicted octanol–water partition coefficient (Wildman–Crippen LogP) is 3.00. The Bertz CT molecular complexity index is 611. The Hall–Kier alpha value is -0.920. The summed E-state index contributed by atoms with van der Waals surface area (Å²) in [6.45, 7) is 5.56. The standard InChI is InChI=1S/C13H18BrNO4S/c1-4-7-13(2,3)15-20(18,19)11-8-9(12(16)17)5-6-10(11)14/h5-6,8,15H,4,7H2,1-3H3,(H,16,17). The zero-order valence-corrected chi connectivity index (χ0v) is 14.0. The maximum Gasteiger partial charge on any atom is 0.335 e. The van der Waals surface area contributed by atoms with E-state index in [0.717, 1.165) is 12.5 Å². The Balaban J connectivity index is 3.22. The molecular formula is C13H18BrNO4S. The molecule has 0 amide bonds. The molecule has 0 aromatic heterocycles. The molecule has 0 bridgehead atoms. The van der Waals surface area contributed by atoms with Crippen LogP contribution in [0.2, 0.25) is 0 Å². The Morgan fingerprint density at radius 3 is 2.50 bits per heavy atom. The number of nitrogens with one attached hydrogen (secondary N) is 1. The normalized spacial score (nSPS) is 12.4. The number of hydrogen-bond donors (Lipinski definition) is 2. The molecular weight excluding hydrogens is 346 g/mol. The van der Waals surface area contributed by atoms with Crippen molar-refractivity contribution in [3.8, 4) is 0 Å². The molecule has 0 atom stereocenters. The van der Waals surface area contributed by atoms with Crippen molar-refractivity contribution >= 4 is 31.9 Å². The highest BCUT2D eigenvalue weighted by Gasteiger charge is 2.27. The summed E-state index contributed by atoms with van der Waals surface area (Å²) in [7, 11) is -3.79. The molecule has 2 N–H and O–H groups in total. The van der Waals surface area contributed by atoms with Gasteiger partial charge in [0.25, 0.3) is 0 Å². The molecule has 1 aromatic rings. The molecule has 7 heteroatoms. The molecule has 112 valence electrons. The highest BCUT2D eigenvalue weighted by Crippen LogP contribution is 2.25. The third kappa shape index (κ3) is 4.29. The van der Waals surface area contributed by atoms with Gasteiger partial charge in [0, 0.05) is 10.0 Å². The summed E-state index contributed by atoms with van der Waals surface area (Å²) < 4.78 is 27.7. The van der Waals surface area contributed by atoms with E-state index in [-0.39, 0.29) is 10.5 Å². The van der Waals surface area contributed by atoms with Crippen molar-refractivity contribution in [1.29, 1.82) is 0 Å². The highest BCUT2D eigenvalue weighted by molar-refractivity contribution is 9.10. The molecule has 0 heterocycles. The summed E-state index contributed by atoms with van der Waals surface area (Å²) in [5, 5.41) is 8.95. The van der Waals surface area contributed by atoms with Gasteiger partial charge in [-0.05, 0) is 54.4 Å². The molecule has 0 spiro atoms. The zero-order chi connectivity index (χ0) is 15.6. The van der Waals surface area contributed by atoms with E-state index in [9.17, 15) is 13.2 Å². The maximum absolute atomic E-state index is 12.4. The van der Waals surface area contributed by atoms with E-state index in [1.54, 1.807) is 13.8 Å². The van der Waals surface area contributed by atoms with E-state index in [1.165, 1.54) is 12.1 Å². The van der Waals surface area contributed by atoms with Crippen molar-refractivity contribution in [3.63, 3.8) is 0 Å². The van der Waals surface area contributed by atoms with Crippen LogP contribution < -0.4 is 4.72 Å². The number of halogens is 1. The van der Waals surface area contributed by atoms with E-state index >= 15 is 0 Å². The van der Waals surface area contributed by atoms with Crippen molar-refractivity contribution in [2.45, 2.75) is 44.0 Å². The second kappa shape index (κ2) is 6.24. The number of benzene rings is 1. The Morgan fingerprint density at radius 2 is 2.00 bits per heavy atom. The van der Waals surface area contributed by atoms with Gasteiger partial charge in [-0.25, -0.2) is 17.9 Å². The summed E-state index contributed by atoms with van der Waals surface area (Å²) in [4.78, 5) is 10.9. The van der Waals surface area contributed by atoms with Crippen molar-refractivity contribution in [1.82, 2.24) is 4.72 Å². The van der Waals surface area contributed by atoms with Gasteiger partial charge in [0.15, 0.2) is 0 Å². The van der Waals surface area contributed by atoms with Crippen molar-refractivity contribution in [2.75, 3.05) is 0 Å². The van der Waals surface area contributed by atoms with E-state index < -0.39 is 21.5 Å². The molecule has 0 fully saturated rings. The minimum atomic E-state index is -3.79. The van der Waals surface area contributed by atoms with Crippen LogP contribution in [0, 0.1) is 0 Å². The average Bonchev–Trinajstić information content (AvgIpc) is 2.26. The molecule has 0 unspecified atom stereocenters. The SMILES string of the molecule is CCCC(C)(C)NS(=O)(=O)c1cc(C(=O)O)ccc1Br. The van der Waals surface area contributed by atoms with E-state index in [4.69, 9.17) is 5.11 Å². The molecule has 1 rings (SSSR count). The first-order valence-corrected chi connectivity index (χ1v) is 8.43. The predicted molar refractivity (Wildman–Crippen MR) is 80.4 cm³/mol. The topological polar surface area (TPSA) is 83.5 Å². The number of carboxylic acids is 1. The van der Waals surface area contributed by atoms with E-state index in [1.807, 2.05) is 6.92 Å². The molecule has 5 nitrogen and oxygen atoms in total. The summed E-state index contributed by atoms with van der Waals surface area (Å²) in [6.07, 6.45) is 1.52. The molecule has 0 radical (unpaired) electrons. The van der Waals surface area contributed by atoms with Crippen molar-refractivity contribution in [2.24, 2.45) is 0 Å². The number of rotatable bonds is 6. The minimum absolute atomic E-state index is 0.0677. The van der Waals surface area contributed by atoms with Gasteiger partial charge in [0.2, 0.25) is 10.0 Å². The maximum atomic E-state index is 12.4. The van der Waals surface area contributed by atoms with Gasteiger partial charge in [-0.2, -0.15) is 0 Å². The lowest BCUT2D eigenvalue weighted by Gasteiger charge is -2.25. The van der Waals surface area contributed by atoms with Crippen molar-refractivity contribution in [3.05, 3.63) is 28.2 Å². The van der Waals surface area contributed by atoms with Crippen LogP contribution in [0.3, 0.4) is 0 Å². The van der Waals surface area contributed by atoms with Crippen LogP contribution in [0.25, 0.3) is 0 Å². The lowest BCUT2D eigenvalue weighted by Crippen LogP contribution is -2.43. The lowest BCUT2D eigenvalue weighted by molar-refractivity contribution is 0.0696. The fourth-order valence-electron chi connectivity index (χ4n) is 1.94. The minimum Gasteiger partial charge on any atom is -0.478 e. The number of aromatic carboxylic acids is 1. The first kappa shape index (κ1) is 17.1. The second-order valence-electron chi connectivity index (χ2n) is 5.19. The van der Waals surface area contributed by atoms with Gasteiger partial charge in [0.05, 0.1) is 10.5 Å². The third-order valence-corrected chi connectivity index (χ3v) is 5.45. The molecule has 1 aromatic carbocycles. The zero-order valence-electron chi connectivity index (χ0n) is 11.6. The van der Waals surface area contributed by atoms with Gasteiger partial charge in [-0.1, -0.05) is 13.3 Å². The summed E-state index contributed by atoms with van der Waals surface area (Å²) in [5.41, 5.74) is -0.659. The average molecular weight is 364 g/mol. The van der Waals surface area contributed by atoms with Gasteiger partial charge >= 0.3 is 5.97 Å². The Morgan fingerprint density at radius 1 is 1.40 bits per heavy atom. The fraction of sp³-hybridized carbons (Fsp3) is 0.462. The van der Waals surface area contributed by atoms with E-state index in [0.29, 0.717) is 10.9 Å².